The van der Waals surface area contributed by atoms with Crippen LogP contribution in [0.15, 0.2) is 12.1 Å². The van der Waals surface area contributed by atoms with Crippen molar-refractivity contribution in [3.8, 4) is 5.82 Å². The van der Waals surface area contributed by atoms with Gasteiger partial charge >= 0.3 is 5.97 Å². The first kappa shape index (κ1) is 15.2. The lowest BCUT2D eigenvalue weighted by atomic mass is 10.1. The second-order valence-electron chi connectivity index (χ2n) is 4.78. The number of aromatic nitrogens is 4. The van der Waals surface area contributed by atoms with Crippen molar-refractivity contribution in [2.45, 2.75) is 40.0 Å². The molecule has 0 saturated carbocycles. The average molecular weight is 288 g/mol. The second kappa shape index (κ2) is 6.47. The molecular weight excluding hydrogens is 268 g/mol. The maximum Gasteiger partial charge on any atom is 0.310 e. The molecule has 0 amide bonds. The Bertz CT molecular complexity index is 632. The van der Waals surface area contributed by atoms with Crippen LogP contribution in [0.2, 0.25) is 0 Å². The van der Waals surface area contributed by atoms with E-state index < -0.39 is 0 Å². The van der Waals surface area contributed by atoms with Crippen LogP contribution in [-0.4, -0.2) is 33.1 Å². The highest BCUT2D eigenvalue weighted by Gasteiger charge is 2.20. The van der Waals surface area contributed by atoms with E-state index in [2.05, 4.69) is 15.3 Å². The molecule has 2 aromatic heterocycles. The van der Waals surface area contributed by atoms with Crippen LogP contribution < -0.4 is 0 Å². The van der Waals surface area contributed by atoms with Crippen molar-refractivity contribution in [2.24, 2.45) is 0 Å². The molecule has 0 spiro atoms. The van der Waals surface area contributed by atoms with Crippen molar-refractivity contribution in [1.82, 2.24) is 20.0 Å². The predicted octanol–water partition coefficient (Wildman–Crippen LogP) is 1.81. The number of ether oxygens (including phenoxy) is 1. The number of hydrogen-bond acceptors (Lipinski definition) is 5. The molecule has 21 heavy (non-hydrogen) atoms. The molecule has 2 aromatic rings. The molecule has 0 bridgehead atoms. The van der Waals surface area contributed by atoms with Gasteiger partial charge in [0.15, 0.2) is 5.82 Å². The highest BCUT2D eigenvalue weighted by Crippen LogP contribution is 2.20. The highest BCUT2D eigenvalue weighted by molar-refractivity contribution is 5.73. The van der Waals surface area contributed by atoms with E-state index in [1.165, 1.54) is 7.11 Å². The molecule has 0 aliphatic heterocycles. The van der Waals surface area contributed by atoms with Crippen molar-refractivity contribution < 1.29 is 9.53 Å². The van der Waals surface area contributed by atoms with Crippen molar-refractivity contribution >= 4 is 5.97 Å². The van der Waals surface area contributed by atoms with Gasteiger partial charge in [0.2, 0.25) is 0 Å². The van der Waals surface area contributed by atoms with Crippen LogP contribution in [0.5, 0.6) is 0 Å². The molecule has 0 fully saturated rings. The fourth-order valence-electron chi connectivity index (χ4n) is 2.30. The average Bonchev–Trinajstić information content (AvgIpc) is 2.85. The van der Waals surface area contributed by atoms with Gasteiger partial charge in [-0.3, -0.25) is 4.79 Å². The van der Waals surface area contributed by atoms with E-state index in [-0.39, 0.29) is 12.4 Å². The summed E-state index contributed by atoms with van der Waals surface area (Å²) in [6, 6.07) is 3.78. The molecule has 112 valence electrons. The number of rotatable bonds is 5. The fourth-order valence-corrected chi connectivity index (χ4v) is 2.30. The van der Waals surface area contributed by atoms with Crippen LogP contribution in [0.4, 0.5) is 0 Å². The van der Waals surface area contributed by atoms with Gasteiger partial charge in [-0.1, -0.05) is 13.8 Å². The minimum Gasteiger partial charge on any atom is -0.469 e. The second-order valence-corrected chi connectivity index (χ2v) is 4.78. The van der Waals surface area contributed by atoms with Gasteiger partial charge in [-0.15, -0.1) is 5.10 Å². The molecule has 0 aliphatic rings. The highest BCUT2D eigenvalue weighted by atomic mass is 16.5. The number of methoxy groups -OCH3 is 1. The lowest BCUT2D eigenvalue weighted by Crippen LogP contribution is -2.09. The zero-order valence-corrected chi connectivity index (χ0v) is 12.9. The van der Waals surface area contributed by atoms with Crippen LogP contribution in [-0.2, 0) is 28.8 Å². The molecule has 0 atom stereocenters. The number of carbonyl (C=O) groups excluding carboxylic acids is 1. The van der Waals surface area contributed by atoms with Gasteiger partial charge in [-0.05, 0) is 31.9 Å². The molecule has 0 N–H and O–H groups in total. The summed E-state index contributed by atoms with van der Waals surface area (Å²) < 4.78 is 6.56. The summed E-state index contributed by atoms with van der Waals surface area (Å²) in [6.07, 6.45) is 1.75. The smallest absolute Gasteiger partial charge is 0.310 e. The lowest BCUT2D eigenvalue weighted by molar-refractivity contribution is -0.139. The minimum absolute atomic E-state index is 0.238. The Labute approximate surface area is 124 Å². The van der Waals surface area contributed by atoms with Crippen LogP contribution in [0.3, 0.4) is 0 Å². The number of hydrogen-bond donors (Lipinski definition) is 0. The Morgan fingerprint density at radius 1 is 1.24 bits per heavy atom. The van der Waals surface area contributed by atoms with Gasteiger partial charge in [0.05, 0.1) is 24.9 Å². The van der Waals surface area contributed by atoms with E-state index in [9.17, 15) is 4.79 Å². The maximum absolute atomic E-state index is 11.6. The molecule has 0 saturated heterocycles. The van der Waals surface area contributed by atoms with Crippen LogP contribution in [0, 0.1) is 6.92 Å². The summed E-state index contributed by atoms with van der Waals surface area (Å²) in [6.45, 7) is 5.95. The molecule has 6 heteroatoms. The summed E-state index contributed by atoms with van der Waals surface area (Å²) in [7, 11) is 1.40. The molecule has 0 aromatic carbocycles. The Balaban J connectivity index is 2.51. The lowest BCUT2D eigenvalue weighted by Gasteiger charge is -2.06. The normalized spacial score (nSPS) is 10.7. The summed E-state index contributed by atoms with van der Waals surface area (Å²) in [5, 5.41) is 12.8. The Morgan fingerprint density at radius 3 is 2.52 bits per heavy atom. The molecule has 0 radical (unpaired) electrons. The zero-order valence-electron chi connectivity index (χ0n) is 12.9. The largest absolute Gasteiger partial charge is 0.469 e. The number of nitrogens with zero attached hydrogens (tertiary/aromatic N) is 4. The quantitative estimate of drug-likeness (QED) is 0.785. The summed E-state index contributed by atoms with van der Waals surface area (Å²) in [5.41, 5.74) is 3.68. The van der Waals surface area contributed by atoms with E-state index in [1.54, 1.807) is 4.68 Å². The molecule has 0 aliphatic carbocycles. The summed E-state index contributed by atoms with van der Waals surface area (Å²) >= 11 is 0. The van der Waals surface area contributed by atoms with E-state index in [0.717, 1.165) is 35.5 Å². The van der Waals surface area contributed by atoms with E-state index >= 15 is 0 Å². The van der Waals surface area contributed by atoms with Crippen LogP contribution in [0.25, 0.3) is 5.82 Å². The first-order valence-corrected chi connectivity index (χ1v) is 7.07. The molecule has 0 unspecified atom stereocenters. The first-order chi connectivity index (χ1) is 10.1. The van der Waals surface area contributed by atoms with Crippen molar-refractivity contribution in [3.63, 3.8) is 0 Å². The van der Waals surface area contributed by atoms with Crippen LogP contribution >= 0.6 is 0 Å². The van der Waals surface area contributed by atoms with Crippen molar-refractivity contribution in [2.75, 3.05) is 7.11 Å². The predicted molar refractivity (Wildman–Crippen MR) is 78.4 cm³/mol. The van der Waals surface area contributed by atoms with Crippen molar-refractivity contribution in [1.29, 1.82) is 0 Å². The van der Waals surface area contributed by atoms with Gasteiger partial charge in [-0.25, -0.2) is 4.68 Å². The van der Waals surface area contributed by atoms with Crippen LogP contribution in [0.1, 0.15) is 36.5 Å². The molecule has 2 heterocycles. The van der Waals surface area contributed by atoms with E-state index in [4.69, 9.17) is 4.74 Å². The summed E-state index contributed by atoms with van der Waals surface area (Å²) in [5.74, 6) is 0.414. The monoisotopic (exact) mass is 288 g/mol. The Hall–Kier alpha value is -2.24. The Kier molecular flexibility index (Phi) is 4.67. The maximum atomic E-state index is 11.6. The number of carbonyl (C=O) groups is 1. The SMILES string of the molecule is CCc1nn(-c2ccc(C)nn2)c(CC)c1CC(=O)OC. The van der Waals surface area contributed by atoms with Gasteiger partial charge in [-0.2, -0.15) is 10.2 Å². The number of aryl methyl sites for hydroxylation is 2. The molecule has 2 rings (SSSR count). The van der Waals surface area contributed by atoms with Gasteiger partial charge in [0, 0.05) is 11.3 Å². The Morgan fingerprint density at radius 2 is 2.00 bits per heavy atom. The third-order valence-electron chi connectivity index (χ3n) is 3.39. The molecule has 6 nitrogen and oxygen atoms in total. The first-order valence-electron chi connectivity index (χ1n) is 7.07. The third kappa shape index (κ3) is 3.09. The fraction of sp³-hybridized carbons (Fsp3) is 0.467. The van der Waals surface area contributed by atoms with Crippen molar-refractivity contribution in [3.05, 3.63) is 34.8 Å². The standard InChI is InChI=1S/C15H20N4O2/c1-5-12-11(9-15(20)21-4)13(6-2)19(18-12)14-8-7-10(3)16-17-14/h7-8H,5-6,9H2,1-4H3. The van der Waals surface area contributed by atoms with Gasteiger partial charge in [0.1, 0.15) is 0 Å². The third-order valence-corrected chi connectivity index (χ3v) is 3.39. The van der Waals surface area contributed by atoms with Gasteiger partial charge < -0.3 is 4.74 Å². The number of esters is 1. The van der Waals surface area contributed by atoms with E-state index in [0.29, 0.717) is 5.82 Å². The molecular formula is C15H20N4O2. The summed E-state index contributed by atoms with van der Waals surface area (Å²) in [4.78, 5) is 11.6. The topological polar surface area (TPSA) is 69.9 Å². The zero-order chi connectivity index (χ0) is 15.4. The van der Waals surface area contributed by atoms with Gasteiger partial charge in [0.25, 0.3) is 0 Å². The van der Waals surface area contributed by atoms with E-state index in [1.807, 2.05) is 32.9 Å². The minimum atomic E-state index is -0.256.